The predicted octanol–water partition coefficient (Wildman–Crippen LogP) is 2.11. The van der Waals surface area contributed by atoms with Crippen molar-refractivity contribution in [1.82, 2.24) is 15.1 Å². The molecule has 32 heavy (non-hydrogen) atoms. The van der Waals surface area contributed by atoms with Gasteiger partial charge in [-0.1, -0.05) is 18.2 Å². The van der Waals surface area contributed by atoms with Crippen molar-refractivity contribution < 1.29 is 18.7 Å². The molecule has 0 aliphatic carbocycles. The van der Waals surface area contributed by atoms with Crippen molar-refractivity contribution in [3.8, 4) is 0 Å². The molecule has 2 amide bonds. The van der Waals surface area contributed by atoms with Crippen LogP contribution in [0, 0.1) is 5.82 Å². The van der Waals surface area contributed by atoms with E-state index in [1.54, 1.807) is 22.3 Å². The van der Waals surface area contributed by atoms with Crippen molar-refractivity contribution in [2.75, 3.05) is 57.4 Å². The van der Waals surface area contributed by atoms with Gasteiger partial charge in [-0.2, -0.15) is 0 Å². The standard InChI is InChI=1S/C23H29FN4O3S/c1-17(25-22(29)23(30)28-12-14-31-15-13-28)21(20-7-4-16-32-20)27-10-8-26(9-11-27)19-6-3-2-5-18(19)24/h2-7,16-17,21H,8-15H2,1H3,(H,25,29)/t17-,21-/m1/s1. The minimum Gasteiger partial charge on any atom is -0.378 e. The molecule has 1 aromatic carbocycles. The molecule has 7 nitrogen and oxygen atoms in total. The molecule has 9 heteroatoms. The minimum absolute atomic E-state index is 0.0563. The summed E-state index contributed by atoms with van der Waals surface area (Å²) < 4.78 is 19.5. The van der Waals surface area contributed by atoms with Crippen LogP contribution in [0.25, 0.3) is 0 Å². The van der Waals surface area contributed by atoms with Crippen molar-refractivity contribution in [1.29, 1.82) is 0 Å². The first-order chi connectivity index (χ1) is 15.5. The lowest BCUT2D eigenvalue weighted by atomic mass is 10.0. The highest BCUT2D eigenvalue weighted by atomic mass is 32.1. The predicted molar refractivity (Wildman–Crippen MR) is 122 cm³/mol. The fourth-order valence-corrected chi connectivity index (χ4v) is 5.37. The zero-order valence-electron chi connectivity index (χ0n) is 18.2. The third kappa shape index (κ3) is 5.11. The van der Waals surface area contributed by atoms with E-state index in [0.717, 1.165) is 18.0 Å². The van der Waals surface area contributed by atoms with E-state index in [4.69, 9.17) is 4.74 Å². The summed E-state index contributed by atoms with van der Waals surface area (Å²) in [4.78, 5) is 32.3. The Kier molecular flexibility index (Phi) is 7.39. The number of nitrogens with one attached hydrogen (secondary N) is 1. The van der Waals surface area contributed by atoms with E-state index in [-0.39, 0.29) is 17.9 Å². The van der Waals surface area contributed by atoms with Crippen LogP contribution >= 0.6 is 11.3 Å². The van der Waals surface area contributed by atoms with Crippen LogP contribution in [0.15, 0.2) is 41.8 Å². The summed E-state index contributed by atoms with van der Waals surface area (Å²) in [6.45, 7) is 6.57. The highest BCUT2D eigenvalue weighted by Gasteiger charge is 2.33. The molecular formula is C23H29FN4O3S. The monoisotopic (exact) mass is 460 g/mol. The van der Waals surface area contributed by atoms with Crippen molar-refractivity contribution >= 4 is 28.8 Å². The normalized spacial score (nSPS) is 19.4. The number of nitrogens with zero attached hydrogens (tertiary/aromatic N) is 3. The summed E-state index contributed by atoms with van der Waals surface area (Å²) in [6.07, 6.45) is 0. The van der Waals surface area contributed by atoms with Crippen molar-refractivity contribution in [3.05, 3.63) is 52.5 Å². The van der Waals surface area contributed by atoms with Crippen LogP contribution in [-0.2, 0) is 14.3 Å². The molecule has 4 rings (SSSR count). The van der Waals surface area contributed by atoms with Gasteiger partial charge in [0, 0.05) is 50.2 Å². The number of amides is 2. The first-order valence-corrected chi connectivity index (χ1v) is 11.9. The summed E-state index contributed by atoms with van der Waals surface area (Å²) in [6, 6.07) is 10.6. The molecule has 2 aliphatic rings. The van der Waals surface area contributed by atoms with Gasteiger partial charge in [0.2, 0.25) is 0 Å². The largest absolute Gasteiger partial charge is 0.378 e. The third-order valence-corrected chi connectivity index (χ3v) is 7.00. The Morgan fingerprint density at radius 2 is 1.75 bits per heavy atom. The molecule has 1 aromatic heterocycles. The average molecular weight is 461 g/mol. The number of hydrogen-bond donors (Lipinski definition) is 1. The Morgan fingerprint density at radius 1 is 1.03 bits per heavy atom. The zero-order valence-corrected chi connectivity index (χ0v) is 19.0. The Balaban J connectivity index is 1.42. The molecule has 0 bridgehead atoms. The van der Waals surface area contributed by atoms with Crippen LogP contribution in [0.1, 0.15) is 17.8 Å². The number of rotatable bonds is 5. The van der Waals surface area contributed by atoms with E-state index in [2.05, 4.69) is 21.2 Å². The van der Waals surface area contributed by atoms with Crippen molar-refractivity contribution in [2.45, 2.75) is 19.0 Å². The summed E-state index contributed by atoms with van der Waals surface area (Å²) >= 11 is 1.64. The van der Waals surface area contributed by atoms with E-state index in [0.29, 0.717) is 45.1 Å². The number of thiophene rings is 1. The summed E-state index contributed by atoms with van der Waals surface area (Å²) in [5.41, 5.74) is 0.622. The molecular weight excluding hydrogens is 431 g/mol. The number of carbonyl (C=O) groups excluding carboxylic acids is 2. The van der Waals surface area contributed by atoms with Gasteiger partial charge in [0.15, 0.2) is 0 Å². The first-order valence-electron chi connectivity index (χ1n) is 11.0. The van der Waals surface area contributed by atoms with Crippen molar-refractivity contribution in [3.63, 3.8) is 0 Å². The van der Waals surface area contributed by atoms with Gasteiger partial charge >= 0.3 is 11.8 Å². The lowest BCUT2D eigenvalue weighted by Gasteiger charge is -2.42. The van der Waals surface area contributed by atoms with Crippen molar-refractivity contribution in [2.24, 2.45) is 0 Å². The lowest BCUT2D eigenvalue weighted by Crippen LogP contribution is -2.55. The molecule has 0 spiro atoms. The maximum absolute atomic E-state index is 14.2. The maximum Gasteiger partial charge on any atom is 0.312 e. The van der Waals surface area contributed by atoms with Crippen LogP contribution < -0.4 is 10.2 Å². The van der Waals surface area contributed by atoms with Gasteiger partial charge in [0.05, 0.1) is 24.9 Å². The molecule has 2 saturated heterocycles. The van der Waals surface area contributed by atoms with Crippen LogP contribution in [0.4, 0.5) is 10.1 Å². The average Bonchev–Trinajstić information content (AvgIpc) is 3.34. The molecule has 0 radical (unpaired) electrons. The van der Waals surface area contributed by atoms with Crippen LogP contribution in [0.3, 0.4) is 0 Å². The topological polar surface area (TPSA) is 65.1 Å². The molecule has 3 heterocycles. The Hall–Kier alpha value is -2.49. The summed E-state index contributed by atoms with van der Waals surface area (Å²) in [7, 11) is 0. The number of carbonyl (C=O) groups is 2. The van der Waals surface area contributed by atoms with Gasteiger partial charge in [-0.25, -0.2) is 4.39 Å². The SMILES string of the molecule is C[C@@H](NC(=O)C(=O)N1CCOCC1)[C@H](c1cccs1)N1CCN(c2ccccc2F)CC1. The molecule has 172 valence electrons. The second-order valence-electron chi connectivity index (χ2n) is 8.10. The smallest absolute Gasteiger partial charge is 0.312 e. The number of piperazine rings is 1. The Labute approximate surface area is 191 Å². The number of benzene rings is 1. The molecule has 2 aromatic rings. The highest BCUT2D eigenvalue weighted by Crippen LogP contribution is 2.30. The maximum atomic E-state index is 14.2. The van der Waals surface area contributed by atoms with Gasteiger partial charge in [0.25, 0.3) is 0 Å². The molecule has 0 saturated carbocycles. The highest BCUT2D eigenvalue weighted by molar-refractivity contribution is 7.10. The first kappa shape index (κ1) is 22.7. The molecule has 2 fully saturated rings. The number of hydrogen-bond acceptors (Lipinski definition) is 6. The van der Waals surface area contributed by atoms with E-state index in [1.165, 1.54) is 6.07 Å². The van der Waals surface area contributed by atoms with Crippen LogP contribution in [0.2, 0.25) is 0 Å². The van der Waals surface area contributed by atoms with Gasteiger partial charge in [-0.15, -0.1) is 11.3 Å². The van der Waals surface area contributed by atoms with Gasteiger partial charge in [-0.3, -0.25) is 14.5 Å². The zero-order chi connectivity index (χ0) is 22.5. The molecule has 2 atom stereocenters. The number of para-hydroxylation sites is 1. The molecule has 2 aliphatic heterocycles. The summed E-state index contributed by atoms with van der Waals surface area (Å²) in [5.74, 6) is -1.29. The number of anilines is 1. The fraction of sp³-hybridized carbons (Fsp3) is 0.478. The third-order valence-electron chi connectivity index (χ3n) is 6.06. The van der Waals surface area contributed by atoms with E-state index < -0.39 is 11.8 Å². The van der Waals surface area contributed by atoms with E-state index in [1.807, 2.05) is 30.5 Å². The van der Waals surface area contributed by atoms with Crippen LogP contribution in [-0.4, -0.2) is 80.1 Å². The van der Waals surface area contributed by atoms with Gasteiger partial charge < -0.3 is 19.9 Å². The Bertz CT molecular complexity index is 912. The van der Waals surface area contributed by atoms with E-state index >= 15 is 0 Å². The number of halogens is 1. The fourth-order valence-electron chi connectivity index (χ4n) is 4.41. The van der Waals surface area contributed by atoms with Gasteiger partial charge in [-0.05, 0) is 30.5 Å². The second-order valence-corrected chi connectivity index (χ2v) is 9.08. The number of morpholine rings is 1. The summed E-state index contributed by atoms with van der Waals surface area (Å²) in [5, 5.41) is 4.95. The Morgan fingerprint density at radius 3 is 2.41 bits per heavy atom. The quantitative estimate of drug-likeness (QED) is 0.693. The molecule has 1 N–H and O–H groups in total. The van der Waals surface area contributed by atoms with Gasteiger partial charge in [0.1, 0.15) is 5.82 Å². The van der Waals surface area contributed by atoms with Crippen LogP contribution in [0.5, 0.6) is 0 Å². The minimum atomic E-state index is -0.578. The van der Waals surface area contributed by atoms with E-state index in [9.17, 15) is 14.0 Å². The lowest BCUT2D eigenvalue weighted by molar-refractivity contribution is -0.149. The number of ether oxygens (including phenoxy) is 1. The molecule has 0 unspecified atom stereocenters. The second kappa shape index (κ2) is 10.4.